The number of nitrogens with two attached hydrogens (primary N) is 1. The van der Waals surface area contributed by atoms with Gasteiger partial charge in [-0.05, 0) is 12.8 Å². The predicted octanol–water partition coefficient (Wildman–Crippen LogP) is 0.957. The smallest absolute Gasteiger partial charge is 0.317 e. The molecule has 0 aliphatic heterocycles. The fraction of sp³-hybridized carbons (Fsp3) is 0.750. The highest BCUT2D eigenvalue weighted by atomic mass is 16.4. The van der Waals surface area contributed by atoms with Gasteiger partial charge in [0.1, 0.15) is 11.3 Å². The Morgan fingerprint density at radius 3 is 2.08 bits per heavy atom. The first kappa shape index (κ1) is 9.03. The monoisotopic (exact) mass is 170 g/mol. The van der Waals surface area contributed by atoms with E-state index in [1.807, 2.05) is 0 Å². The van der Waals surface area contributed by atoms with E-state index < -0.39 is 11.4 Å². The molecule has 0 amide bonds. The zero-order valence-corrected chi connectivity index (χ0v) is 6.97. The van der Waals surface area contributed by atoms with Crippen LogP contribution in [0.1, 0.15) is 32.1 Å². The lowest BCUT2D eigenvalue weighted by Crippen LogP contribution is -2.44. The van der Waals surface area contributed by atoms with Gasteiger partial charge in [-0.2, -0.15) is 0 Å². The van der Waals surface area contributed by atoms with E-state index in [9.17, 15) is 4.79 Å². The SMILES string of the molecule is N=C(N)C1(C(=O)O)CCCCC1. The van der Waals surface area contributed by atoms with Crippen molar-refractivity contribution in [2.45, 2.75) is 32.1 Å². The lowest BCUT2D eigenvalue weighted by Gasteiger charge is -2.31. The molecule has 4 N–H and O–H groups in total. The van der Waals surface area contributed by atoms with Gasteiger partial charge in [0.25, 0.3) is 0 Å². The standard InChI is InChI=1S/C8H14N2O2/c9-6(10)8(7(11)12)4-2-1-3-5-8/h1-5H2,(H3,9,10)(H,11,12). The number of amidine groups is 1. The fourth-order valence-corrected chi connectivity index (χ4v) is 1.75. The van der Waals surface area contributed by atoms with Crippen LogP contribution in [0.15, 0.2) is 0 Å². The molecule has 1 rings (SSSR count). The van der Waals surface area contributed by atoms with Gasteiger partial charge in [0.05, 0.1) is 0 Å². The fourth-order valence-electron chi connectivity index (χ4n) is 1.75. The number of carboxylic acid groups (broad SMARTS) is 1. The minimum absolute atomic E-state index is 0.185. The molecule has 0 unspecified atom stereocenters. The highest BCUT2D eigenvalue weighted by Gasteiger charge is 2.42. The van der Waals surface area contributed by atoms with Crippen LogP contribution in [0.3, 0.4) is 0 Å². The van der Waals surface area contributed by atoms with Gasteiger partial charge in [-0.3, -0.25) is 10.2 Å². The van der Waals surface area contributed by atoms with Gasteiger partial charge in [-0.25, -0.2) is 0 Å². The van der Waals surface area contributed by atoms with E-state index in [4.69, 9.17) is 16.2 Å². The van der Waals surface area contributed by atoms with Crippen molar-refractivity contribution in [3.05, 3.63) is 0 Å². The van der Waals surface area contributed by atoms with Gasteiger partial charge in [-0.15, -0.1) is 0 Å². The molecule has 68 valence electrons. The highest BCUT2D eigenvalue weighted by Crippen LogP contribution is 2.36. The molecule has 12 heavy (non-hydrogen) atoms. The third-order valence-corrected chi connectivity index (χ3v) is 2.63. The molecule has 1 fully saturated rings. The van der Waals surface area contributed by atoms with Crippen molar-refractivity contribution in [2.75, 3.05) is 0 Å². The molecule has 4 nitrogen and oxygen atoms in total. The van der Waals surface area contributed by atoms with Crippen LogP contribution in [0.2, 0.25) is 0 Å². The van der Waals surface area contributed by atoms with Crippen LogP contribution >= 0.6 is 0 Å². The number of aliphatic carboxylic acids is 1. The third-order valence-electron chi connectivity index (χ3n) is 2.63. The first-order valence-electron chi connectivity index (χ1n) is 4.17. The van der Waals surface area contributed by atoms with Crippen LogP contribution in [0.4, 0.5) is 0 Å². The van der Waals surface area contributed by atoms with Gasteiger partial charge in [0.15, 0.2) is 0 Å². The topological polar surface area (TPSA) is 87.2 Å². The average molecular weight is 170 g/mol. The first-order valence-corrected chi connectivity index (χ1v) is 4.17. The minimum atomic E-state index is -1.04. The van der Waals surface area contributed by atoms with Gasteiger partial charge in [0, 0.05) is 0 Å². The Hall–Kier alpha value is -1.06. The van der Waals surface area contributed by atoms with Crippen LogP contribution in [-0.4, -0.2) is 16.9 Å². The molecule has 1 saturated carbocycles. The van der Waals surface area contributed by atoms with Crippen molar-refractivity contribution < 1.29 is 9.90 Å². The summed E-state index contributed by atoms with van der Waals surface area (Å²) < 4.78 is 0. The van der Waals surface area contributed by atoms with E-state index in [0.717, 1.165) is 19.3 Å². The summed E-state index contributed by atoms with van der Waals surface area (Å²) in [7, 11) is 0. The van der Waals surface area contributed by atoms with Crippen LogP contribution in [-0.2, 0) is 4.79 Å². The van der Waals surface area contributed by atoms with E-state index in [2.05, 4.69) is 0 Å². The summed E-state index contributed by atoms with van der Waals surface area (Å²) in [6, 6.07) is 0. The second-order valence-corrected chi connectivity index (χ2v) is 3.36. The van der Waals surface area contributed by atoms with Gasteiger partial charge in [0.2, 0.25) is 0 Å². The molecule has 0 aromatic carbocycles. The molecule has 0 radical (unpaired) electrons. The zero-order valence-electron chi connectivity index (χ0n) is 6.97. The van der Waals surface area contributed by atoms with Gasteiger partial charge in [-0.1, -0.05) is 19.3 Å². The number of rotatable bonds is 2. The first-order chi connectivity index (χ1) is 5.59. The molecule has 0 aromatic heterocycles. The Kier molecular flexibility index (Phi) is 2.35. The van der Waals surface area contributed by atoms with Crippen molar-refractivity contribution in [2.24, 2.45) is 11.1 Å². The molecule has 1 aliphatic carbocycles. The number of hydrogen-bond acceptors (Lipinski definition) is 2. The maximum Gasteiger partial charge on any atom is 0.317 e. The third kappa shape index (κ3) is 1.29. The van der Waals surface area contributed by atoms with Gasteiger partial charge < -0.3 is 10.8 Å². The average Bonchev–Trinajstić information content (AvgIpc) is 2.05. The summed E-state index contributed by atoms with van der Waals surface area (Å²) in [4.78, 5) is 10.9. The molecule has 0 spiro atoms. The Labute approximate surface area is 71.3 Å². The largest absolute Gasteiger partial charge is 0.480 e. The zero-order chi connectivity index (χ0) is 9.19. The van der Waals surface area contributed by atoms with Gasteiger partial charge >= 0.3 is 5.97 Å². The van der Waals surface area contributed by atoms with E-state index in [1.54, 1.807) is 0 Å². The second kappa shape index (κ2) is 3.13. The second-order valence-electron chi connectivity index (χ2n) is 3.36. The summed E-state index contributed by atoms with van der Waals surface area (Å²) in [5.41, 5.74) is 4.26. The van der Waals surface area contributed by atoms with E-state index in [1.165, 1.54) is 0 Å². The molecule has 0 saturated heterocycles. The summed E-state index contributed by atoms with van der Waals surface area (Å²) >= 11 is 0. The Morgan fingerprint density at radius 2 is 1.83 bits per heavy atom. The van der Waals surface area contributed by atoms with Crippen LogP contribution in [0, 0.1) is 10.8 Å². The molecule has 0 aromatic rings. The number of hydrogen-bond donors (Lipinski definition) is 3. The number of nitrogens with one attached hydrogen (secondary N) is 1. The molecule has 1 aliphatic rings. The van der Waals surface area contributed by atoms with E-state index in [0.29, 0.717) is 12.8 Å². The van der Waals surface area contributed by atoms with E-state index in [-0.39, 0.29) is 5.84 Å². The van der Waals surface area contributed by atoms with Crippen LogP contribution in [0.25, 0.3) is 0 Å². The maximum atomic E-state index is 10.9. The summed E-state index contributed by atoms with van der Waals surface area (Å²) in [6.45, 7) is 0. The van der Waals surface area contributed by atoms with Crippen molar-refractivity contribution >= 4 is 11.8 Å². The molecular formula is C8H14N2O2. The van der Waals surface area contributed by atoms with Crippen molar-refractivity contribution in [3.8, 4) is 0 Å². The van der Waals surface area contributed by atoms with E-state index >= 15 is 0 Å². The van der Waals surface area contributed by atoms with Crippen LogP contribution < -0.4 is 5.73 Å². The summed E-state index contributed by atoms with van der Waals surface area (Å²) in [5, 5.41) is 16.2. The summed E-state index contributed by atoms with van der Waals surface area (Å²) in [5.74, 6) is -1.12. The quantitative estimate of drug-likeness (QED) is 0.426. The minimum Gasteiger partial charge on any atom is -0.480 e. The highest BCUT2D eigenvalue weighted by molar-refractivity contribution is 6.02. The lowest BCUT2D eigenvalue weighted by atomic mass is 9.73. The molecular weight excluding hydrogens is 156 g/mol. The van der Waals surface area contributed by atoms with Crippen LogP contribution in [0.5, 0.6) is 0 Å². The Balaban J connectivity index is 2.84. The summed E-state index contributed by atoms with van der Waals surface area (Å²) in [6.07, 6.45) is 3.84. The number of carboxylic acids is 1. The molecule has 0 atom stereocenters. The van der Waals surface area contributed by atoms with Crippen molar-refractivity contribution in [1.29, 1.82) is 5.41 Å². The predicted molar refractivity (Wildman–Crippen MR) is 45.1 cm³/mol. The molecule has 0 bridgehead atoms. The number of carbonyl (C=O) groups is 1. The Morgan fingerprint density at radius 1 is 1.33 bits per heavy atom. The molecule has 4 heteroatoms. The molecule has 0 heterocycles. The normalized spacial score (nSPS) is 21.7. The van der Waals surface area contributed by atoms with Crippen molar-refractivity contribution in [1.82, 2.24) is 0 Å². The Bertz CT molecular complexity index is 191. The van der Waals surface area contributed by atoms with Crippen molar-refractivity contribution in [3.63, 3.8) is 0 Å². The lowest BCUT2D eigenvalue weighted by molar-refractivity contribution is -0.146. The maximum absolute atomic E-state index is 10.9.